The maximum atomic E-state index is 5.91. The summed E-state index contributed by atoms with van der Waals surface area (Å²) < 4.78 is 16.7. The van der Waals surface area contributed by atoms with Gasteiger partial charge in [0.1, 0.15) is 5.75 Å². The first-order valence-electron chi connectivity index (χ1n) is 7.11. The monoisotopic (exact) mass is 280 g/mol. The smallest absolute Gasteiger partial charge is 0.231 e. The van der Waals surface area contributed by atoms with Crippen molar-refractivity contribution in [3.05, 3.63) is 17.7 Å². The second-order valence-corrected chi connectivity index (χ2v) is 5.10. The molecule has 1 aromatic rings. The number of nitrogens with one attached hydrogen (secondary N) is 1. The molecule has 0 unspecified atom stereocenters. The molecule has 1 aliphatic rings. The normalized spacial score (nSPS) is 13.0. The highest BCUT2D eigenvalue weighted by Gasteiger charge is 2.17. The highest BCUT2D eigenvalue weighted by molar-refractivity contribution is 5.51. The Balaban J connectivity index is 2.00. The van der Waals surface area contributed by atoms with Gasteiger partial charge in [0.2, 0.25) is 6.79 Å². The summed E-state index contributed by atoms with van der Waals surface area (Å²) in [6.07, 6.45) is 1.00. The molecular weight excluding hydrogens is 256 g/mol. The van der Waals surface area contributed by atoms with Gasteiger partial charge in [-0.1, -0.05) is 6.92 Å². The third-order valence-electron chi connectivity index (χ3n) is 3.13. The number of nitrogens with zero attached hydrogens (tertiary/aromatic N) is 1. The molecule has 0 spiro atoms. The number of hydrogen-bond acceptors (Lipinski definition) is 5. The van der Waals surface area contributed by atoms with Crippen molar-refractivity contribution >= 4 is 0 Å². The van der Waals surface area contributed by atoms with Gasteiger partial charge in [0, 0.05) is 24.7 Å². The summed E-state index contributed by atoms with van der Waals surface area (Å²) in [6.45, 7) is 5.80. The Morgan fingerprint density at radius 1 is 1.25 bits per heavy atom. The van der Waals surface area contributed by atoms with Crippen LogP contribution in [0.3, 0.4) is 0 Å². The minimum Gasteiger partial charge on any atom is -0.493 e. The molecule has 1 aliphatic heterocycles. The van der Waals surface area contributed by atoms with E-state index < -0.39 is 0 Å². The van der Waals surface area contributed by atoms with E-state index >= 15 is 0 Å². The zero-order valence-corrected chi connectivity index (χ0v) is 12.6. The average Bonchev–Trinajstić information content (AvgIpc) is 2.87. The van der Waals surface area contributed by atoms with Gasteiger partial charge < -0.3 is 24.4 Å². The van der Waals surface area contributed by atoms with Gasteiger partial charge in [0.25, 0.3) is 0 Å². The van der Waals surface area contributed by atoms with Crippen molar-refractivity contribution in [3.8, 4) is 17.2 Å². The number of hydrogen-bond donors (Lipinski definition) is 1. The zero-order valence-electron chi connectivity index (χ0n) is 12.6. The molecule has 2 rings (SSSR count). The lowest BCUT2D eigenvalue weighted by Gasteiger charge is -2.14. The standard InChI is InChI=1S/C15H24N2O3/c1-4-16-10-12-8-14-15(20-11-19-14)9-13(12)18-7-5-6-17(2)3/h8-9,16H,4-7,10-11H2,1-3H3. The molecule has 0 fully saturated rings. The van der Waals surface area contributed by atoms with E-state index in [4.69, 9.17) is 14.2 Å². The van der Waals surface area contributed by atoms with Crippen molar-refractivity contribution in [2.24, 2.45) is 0 Å². The Kier molecular flexibility index (Phi) is 5.49. The van der Waals surface area contributed by atoms with Crippen LogP contribution in [0.25, 0.3) is 0 Å². The maximum Gasteiger partial charge on any atom is 0.231 e. The summed E-state index contributed by atoms with van der Waals surface area (Å²) in [6, 6.07) is 3.94. The molecule has 0 amide bonds. The van der Waals surface area contributed by atoms with Crippen LogP contribution >= 0.6 is 0 Å². The van der Waals surface area contributed by atoms with Gasteiger partial charge in [-0.25, -0.2) is 0 Å². The van der Waals surface area contributed by atoms with Crippen LogP contribution in [0.5, 0.6) is 17.2 Å². The second-order valence-electron chi connectivity index (χ2n) is 5.10. The minimum absolute atomic E-state index is 0.292. The van der Waals surface area contributed by atoms with E-state index in [-0.39, 0.29) is 0 Å². The molecule has 1 heterocycles. The van der Waals surface area contributed by atoms with Crippen LogP contribution in [0.1, 0.15) is 18.9 Å². The highest BCUT2D eigenvalue weighted by atomic mass is 16.7. The predicted molar refractivity (Wildman–Crippen MR) is 78.6 cm³/mol. The maximum absolute atomic E-state index is 5.91. The summed E-state index contributed by atoms with van der Waals surface area (Å²) in [4.78, 5) is 2.16. The fraction of sp³-hybridized carbons (Fsp3) is 0.600. The number of ether oxygens (including phenoxy) is 3. The van der Waals surface area contributed by atoms with E-state index in [1.54, 1.807) is 0 Å². The van der Waals surface area contributed by atoms with E-state index in [1.165, 1.54) is 0 Å². The summed E-state index contributed by atoms with van der Waals surface area (Å²) in [5.74, 6) is 2.46. The van der Waals surface area contributed by atoms with Crippen molar-refractivity contribution in [1.82, 2.24) is 10.2 Å². The Hall–Kier alpha value is -1.46. The van der Waals surface area contributed by atoms with Crippen LogP contribution in [0.2, 0.25) is 0 Å². The lowest BCUT2D eigenvalue weighted by atomic mass is 10.1. The first kappa shape index (κ1) is 14.9. The zero-order chi connectivity index (χ0) is 14.4. The van der Waals surface area contributed by atoms with Crippen LogP contribution in [0, 0.1) is 0 Å². The molecule has 112 valence electrons. The van der Waals surface area contributed by atoms with Crippen molar-refractivity contribution in [3.63, 3.8) is 0 Å². The summed E-state index contributed by atoms with van der Waals surface area (Å²) >= 11 is 0. The van der Waals surface area contributed by atoms with Crippen molar-refractivity contribution < 1.29 is 14.2 Å². The molecule has 1 N–H and O–H groups in total. The molecule has 0 atom stereocenters. The second kappa shape index (κ2) is 7.36. The van der Waals surface area contributed by atoms with Crippen LogP contribution in [-0.2, 0) is 6.54 Å². The Labute approximate surface area is 120 Å². The molecule has 5 heteroatoms. The Morgan fingerprint density at radius 3 is 2.70 bits per heavy atom. The van der Waals surface area contributed by atoms with Gasteiger partial charge in [0.05, 0.1) is 6.61 Å². The van der Waals surface area contributed by atoms with E-state index in [9.17, 15) is 0 Å². The minimum atomic E-state index is 0.292. The van der Waals surface area contributed by atoms with Crippen molar-refractivity contribution in [2.45, 2.75) is 19.9 Å². The van der Waals surface area contributed by atoms with Crippen molar-refractivity contribution in [1.29, 1.82) is 0 Å². The first-order valence-corrected chi connectivity index (χ1v) is 7.11. The largest absolute Gasteiger partial charge is 0.493 e. The van der Waals surface area contributed by atoms with E-state index in [0.29, 0.717) is 13.4 Å². The molecule has 0 aliphatic carbocycles. The molecule has 5 nitrogen and oxygen atoms in total. The molecule has 0 saturated carbocycles. The third-order valence-corrected chi connectivity index (χ3v) is 3.13. The summed E-state index contributed by atoms with van der Waals surface area (Å²) in [5, 5.41) is 3.32. The first-order chi connectivity index (χ1) is 9.70. The third kappa shape index (κ3) is 4.02. The quantitative estimate of drug-likeness (QED) is 0.736. The van der Waals surface area contributed by atoms with Crippen LogP contribution < -0.4 is 19.5 Å². The van der Waals surface area contributed by atoms with Crippen LogP contribution in [-0.4, -0.2) is 45.5 Å². The van der Waals surface area contributed by atoms with Crippen molar-refractivity contribution in [2.75, 3.05) is 40.6 Å². The lowest BCUT2D eigenvalue weighted by Crippen LogP contribution is -2.16. The molecule has 20 heavy (non-hydrogen) atoms. The molecule has 0 bridgehead atoms. The topological polar surface area (TPSA) is 43.0 Å². The number of fused-ring (bicyclic) bond motifs is 1. The fourth-order valence-corrected chi connectivity index (χ4v) is 2.06. The molecular formula is C15H24N2O3. The van der Waals surface area contributed by atoms with Crippen LogP contribution in [0.4, 0.5) is 0 Å². The highest BCUT2D eigenvalue weighted by Crippen LogP contribution is 2.38. The van der Waals surface area contributed by atoms with Gasteiger partial charge in [-0.15, -0.1) is 0 Å². The Bertz CT molecular complexity index is 435. The predicted octanol–water partition coefficient (Wildman–Crippen LogP) is 1.86. The fourth-order valence-electron chi connectivity index (χ4n) is 2.06. The lowest BCUT2D eigenvalue weighted by molar-refractivity contribution is 0.173. The molecule has 0 saturated heterocycles. The summed E-state index contributed by atoms with van der Waals surface area (Å²) in [5.41, 5.74) is 1.11. The number of rotatable bonds is 8. The van der Waals surface area contributed by atoms with Gasteiger partial charge in [0.15, 0.2) is 11.5 Å². The van der Waals surface area contributed by atoms with E-state index in [0.717, 1.165) is 48.9 Å². The van der Waals surface area contributed by atoms with Gasteiger partial charge in [-0.2, -0.15) is 0 Å². The molecule has 1 aromatic carbocycles. The van der Waals surface area contributed by atoms with E-state index in [2.05, 4.69) is 31.2 Å². The Morgan fingerprint density at radius 2 is 2.00 bits per heavy atom. The average molecular weight is 280 g/mol. The molecule has 0 aromatic heterocycles. The summed E-state index contributed by atoms with van der Waals surface area (Å²) in [7, 11) is 4.13. The number of benzene rings is 1. The van der Waals surface area contributed by atoms with Crippen LogP contribution in [0.15, 0.2) is 12.1 Å². The van der Waals surface area contributed by atoms with Gasteiger partial charge in [-0.3, -0.25) is 0 Å². The SMILES string of the molecule is CCNCc1cc2c(cc1OCCCN(C)C)OCO2. The van der Waals surface area contributed by atoms with Gasteiger partial charge >= 0.3 is 0 Å². The van der Waals surface area contributed by atoms with E-state index in [1.807, 2.05) is 12.1 Å². The van der Waals surface area contributed by atoms with Gasteiger partial charge in [-0.05, 0) is 33.1 Å². The molecule has 0 radical (unpaired) electrons.